The molecule has 2 aromatic heterocycles. The molecule has 7 aromatic carbocycles. The molecule has 0 unspecified atom stereocenters. The third-order valence-electron chi connectivity index (χ3n) is 11.6. The maximum atomic E-state index is 6.47. The summed E-state index contributed by atoms with van der Waals surface area (Å²) in [6.07, 6.45) is 4.41. The molecule has 0 N–H and O–H groups in total. The smallest absolute Gasteiger partial charge is 0.136 e. The Kier molecular flexibility index (Phi) is 6.13. The first-order valence-corrected chi connectivity index (χ1v) is 18.2. The van der Waals surface area contributed by atoms with E-state index in [0.29, 0.717) is 0 Å². The summed E-state index contributed by atoms with van der Waals surface area (Å²) >= 11 is 0. The van der Waals surface area contributed by atoms with E-state index in [1.54, 1.807) is 0 Å². The number of nitrogens with zero attached hydrogens (tertiary/aromatic N) is 1. The monoisotopic (exact) mass is 669 g/mol. The van der Waals surface area contributed by atoms with E-state index in [1.807, 2.05) is 12.1 Å². The Morgan fingerprint density at radius 3 is 2.06 bits per heavy atom. The van der Waals surface area contributed by atoms with Gasteiger partial charge in [-0.05, 0) is 106 Å². The maximum Gasteiger partial charge on any atom is 0.136 e. The molecule has 248 valence electrons. The van der Waals surface area contributed by atoms with E-state index in [1.165, 1.54) is 44.3 Å². The van der Waals surface area contributed by atoms with Gasteiger partial charge >= 0.3 is 0 Å². The first-order valence-electron chi connectivity index (χ1n) is 18.2. The summed E-state index contributed by atoms with van der Waals surface area (Å²) in [7, 11) is 0. The summed E-state index contributed by atoms with van der Waals surface area (Å²) in [4.78, 5) is 2.52. The van der Waals surface area contributed by atoms with Crippen LogP contribution in [0.5, 0.6) is 0 Å². The van der Waals surface area contributed by atoms with Gasteiger partial charge in [-0.3, -0.25) is 0 Å². The van der Waals surface area contributed by atoms with E-state index in [2.05, 4.69) is 158 Å². The minimum atomic E-state index is -0.0907. The van der Waals surface area contributed by atoms with Crippen molar-refractivity contribution in [2.45, 2.75) is 32.1 Å². The van der Waals surface area contributed by atoms with Gasteiger partial charge in [0.1, 0.15) is 22.3 Å². The molecule has 0 saturated heterocycles. The minimum Gasteiger partial charge on any atom is -0.456 e. The summed E-state index contributed by atoms with van der Waals surface area (Å²) in [6, 6.07) is 52.4. The predicted molar refractivity (Wildman–Crippen MR) is 216 cm³/mol. The van der Waals surface area contributed by atoms with Crippen LogP contribution in [0.4, 0.5) is 11.4 Å². The number of fused-ring (bicyclic) bond motifs is 9. The lowest BCUT2D eigenvalue weighted by Crippen LogP contribution is -2.22. The van der Waals surface area contributed by atoms with E-state index >= 15 is 0 Å². The van der Waals surface area contributed by atoms with Crippen LogP contribution in [0.3, 0.4) is 0 Å². The van der Waals surface area contributed by atoms with Gasteiger partial charge in [-0.1, -0.05) is 111 Å². The summed E-state index contributed by atoms with van der Waals surface area (Å²) < 4.78 is 12.8. The van der Waals surface area contributed by atoms with Crippen LogP contribution < -0.4 is 4.90 Å². The van der Waals surface area contributed by atoms with Crippen LogP contribution in [-0.4, -0.2) is 0 Å². The van der Waals surface area contributed by atoms with E-state index in [0.717, 1.165) is 73.7 Å². The zero-order valence-electron chi connectivity index (χ0n) is 29.1. The Morgan fingerprint density at radius 2 is 1.21 bits per heavy atom. The summed E-state index contributed by atoms with van der Waals surface area (Å²) in [5.41, 5.74) is 15.1. The molecule has 11 rings (SSSR count). The van der Waals surface area contributed by atoms with Crippen molar-refractivity contribution in [2.75, 3.05) is 4.90 Å². The molecule has 0 radical (unpaired) electrons. The first kappa shape index (κ1) is 29.4. The number of hydrogen-bond acceptors (Lipinski definition) is 3. The fourth-order valence-corrected chi connectivity index (χ4v) is 9.11. The highest BCUT2D eigenvalue weighted by Gasteiger charge is 2.39. The molecule has 0 saturated carbocycles. The van der Waals surface area contributed by atoms with E-state index < -0.39 is 0 Å². The van der Waals surface area contributed by atoms with Crippen molar-refractivity contribution in [2.24, 2.45) is 0 Å². The number of furan rings is 2. The molecular weight excluding hydrogens is 635 g/mol. The average Bonchev–Trinajstić information content (AvgIpc) is 3.82. The molecule has 2 aliphatic rings. The quantitative estimate of drug-likeness (QED) is 0.187. The van der Waals surface area contributed by atoms with Crippen LogP contribution in [0, 0.1) is 0 Å². The Balaban J connectivity index is 1.19. The molecule has 0 spiro atoms. The van der Waals surface area contributed by atoms with Gasteiger partial charge < -0.3 is 13.7 Å². The van der Waals surface area contributed by atoms with Gasteiger partial charge in [-0.2, -0.15) is 0 Å². The Labute approximate surface area is 301 Å². The van der Waals surface area contributed by atoms with Crippen LogP contribution in [0.1, 0.15) is 37.8 Å². The topological polar surface area (TPSA) is 29.5 Å². The van der Waals surface area contributed by atoms with Gasteiger partial charge in [-0.25, -0.2) is 0 Å². The normalized spacial score (nSPS) is 15.2. The highest BCUT2D eigenvalue weighted by Crippen LogP contribution is 2.53. The SMILES string of the molecule is CC1(C)C2=C(CCC(N(c3ccc4oc5ccccc5c4c3)c3ccc4ccccc4c3-c3ccc4c(c3)oc3ccccc34)=C2)c2ccccc21. The van der Waals surface area contributed by atoms with Crippen molar-refractivity contribution in [3.05, 3.63) is 174 Å². The molecule has 0 atom stereocenters. The molecule has 2 heterocycles. The number of para-hydroxylation sites is 2. The highest BCUT2D eigenvalue weighted by molar-refractivity contribution is 6.11. The molecule has 3 heteroatoms. The van der Waals surface area contributed by atoms with E-state index in [-0.39, 0.29) is 5.41 Å². The van der Waals surface area contributed by atoms with E-state index in [9.17, 15) is 0 Å². The molecule has 9 aromatic rings. The van der Waals surface area contributed by atoms with Crippen LogP contribution in [0.25, 0.3) is 71.3 Å². The zero-order chi connectivity index (χ0) is 34.6. The van der Waals surface area contributed by atoms with Crippen molar-refractivity contribution < 1.29 is 8.83 Å². The standard InChI is InChI=1S/C49H35NO2/c1-49(2)41-16-8-5-13-35(41)36-24-21-33(29-42(36)49)50(32-22-26-46-40(28-32)38-15-7-10-18-45(38)51-46)43-25-20-30-11-3-4-12-34(30)48(43)31-19-23-39-37-14-6-9-17-44(37)52-47(39)27-31/h3-20,22-23,25-29H,21,24H2,1-2H3. The van der Waals surface area contributed by atoms with Gasteiger partial charge in [0.15, 0.2) is 0 Å². The van der Waals surface area contributed by atoms with Gasteiger partial charge in [-0.15, -0.1) is 0 Å². The number of allylic oxidation sites excluding steroid dienone is 4. The molecule has 0 aliphatic heterocycles. The predicted octanol–water partition coefficient (Wildman–Crippen LogP) is 13.9. The number of benzene rings is 7. The molecule has 52 heavy (non-hydrogen) atoms. The third kappa shape index (κ3) is 4.20. The molecule has 0 amide bonds. The second-order valence-electron chi connectivity index (χ2n) is 14.8. The van der Waals surface area contributed by atoms with Crippen molar-refractivity contribution >= 4 is 71.6 Å². The molecule has 3 nitrogen and oxygen atoms in total. The zero-order valence-corrected chi connectivity index (χ0v) is 29.1. The lowest BCUT2D eigenvalue weighted by atomic mass is 9.79. The summed E-state index contributed by atoms with van der Waals surface area (Å²) in [5, 5.41) is 6.93. The van der Waals surface area contributed by atoms with Crippen molar-refractivity contribution in [1.29, 1.82) is 0 Å². The maximum absolute atomic E-state index is 6.47. The van der Waals surface area contributed by atoms with Gasteiger partial charge in [0.2, 0.25) is 0 Å². The van der Waals surface area contributed by atoms with Crippen LogP contribution in [-0.2, 0) is 5.41 Å². The second kappa shape index (κ2) is 10.8. The highest BCUT2D eigenvalue weighted by atomic mass is 16.3. The van der Waals surface area contributed by atoms with Crippen LogP contribution >= 0.6 is 0 Å². The van der Waals surface area contributed by atoms with Gasteiger partial charge in [0.25, 0.3) is 0 Å². The van der Waals surface area contributed by atoms with Crippen LogP contribution in [0.15, 0.2) is 172 Å². The van der Waals surface area contributed by atoms with E-state index in [4.69, 9.17) is 8.83 Å². The fraction of sp³-hybridized carbons (Fsp3) is 0.102. The van der Waals surface area contributed by atoms with Crippen LogP contribution in [0.2, 0.25) is 0 Å². The fourth-order valence-electron chi connectivity index (χ4n) is 9.11. The Hall–Kier alpha value is -6.32. The number of anilines is 2. The molecule has 0 fully saturated rings. The Bertz CT molecular complexity index is 3000. The lowest BCUT2D eigenvalue weighted by Gasteiger charge is -2.34. The summed E-state index contributed by atoms with van der Waals surface area (Å²) in [6.45, 7) is 4.76. The molecule has 2 aliphatic carbocycles. The van der Waals surface area contributed by atoms with Crippen molar-refractivity contribution in [3.8, 4) is 11.1 Å². The largest absolute Gasteiger partial charge is 0.456 e. The second-order valence-corrected chi connectivity index (χ2v) is 14.8. The molecule has 0 bridgehead atoms. The van der Waals surface area contributed by atoms with Crippen molar-refractivity contribution in [1.82, 2.24) is 0 Å². The number of rotatable bonds is 4. The molecular formula is C49H35NO2. The number of hydrogen-bond donors (Lipinski definition) is 0. The Morgan fingerprint density at radius 1 is 0.538 bits per heavy atom. The minimum absolute atomic E-state index is 0.0907. The average molecular weight is 670 g/mol. The lowest BCUT2D eigenvalue weighted by molar-refractivity contribution is 0.648. The van der Waals surface area contributed by atoms with Gasteiger partial charge in [0.05, 0.1) is 5.69 Å². The van der Waals surface area contributed by atoms with Crippen molar-refractivity contribution in [3.63, 3.8) is 0 Å². The van der Waals surface area contributed by atoms with Gasteiger partial charge in [0, 0.05) is 43.9 Å². The first-order chi connectivity index (χ1) is 25.5. The summed E-state index contributed by atoms with van der Waals surface area (Å²) in [5.74, 6) is 0. The third-order valence-corrected chi connectivity index (χ3v) is 11.6.